The number of amides is 2. The molecule has 5 heteroatoms. The first kappa shape index (κ1) is 16.1. The monoisotopic (exact) mass is 337 g/mol. The van der Waals surface area contributed by atoms with Crippen LogP contribution in [-0.4, -0.2) is 41.2 Å². The van der Waals surface area contributed by atoms with Crippen molar-refractivity contribution in [1.29, 1.82) is 0 Å². The Labute approximate surface area is 148 Å². The number of piperidine rings is 1. The number of rotatable bonds is 3. The van der Waals surface area contributed by atoms with E-state index in [0.29, 0.717) is 18.2 Å². The number of hydrogen-bond donors (Lipinski definition) is 1. The van der Waals surface area contributed by atoms with Crippen molar-refractivity contribution >= 4 is 11.7 Å². The second-order valence-electron chi connectivity index (χ2n) is 6.95. The van der Waals surface area contributed by atoms with Crippen LogP contribution in [0.3, 0.4) is 0 Å². The van der Waals surface area contributed by atoms with E-state index >= 15 is 0 Å². The number of ether oxygens (including phenoxy) is 1. The Balaban J connectivity index is 1.49. The lowest BCUT2D eigenvalue weighted by molar-refractivity contribution is -0.0636. The van der Waals surface area contributed by atoms with Crippen LogP contribution in [0, 0.1) is 6.92 Å². The number of fused-ring (bicyclic) bond motifs is 2. The summed E-state index contributed by atoms with van der Waals surface area (Å²) in [6.45, 7) is 2.06. The third kappa shape index (κ3) is 3.00. The number of aromatic nitrogens is 1. The number of hydrogen-bond acceptors (Lipinski definition) is 3. The first-order chi connectivity index (χ1) is 12.2. The van der Waals surface area contributed by atoms with E-state index in [1.54, 1.807) is 13.3 Å². The van der Waals surface area contributed by atoms with Gasteiger partial charge in [-0.3, -0.25) is 4.98 Å². The van der Waals surface area contributed by atoms with Crippen LogP contribution >= 0.6 is 0 Å². The summed E-state index contributed by atoms with van der Waals surface area (Å²) in [4.78, 5) is 19.1. The van der Waals surface area contributed by atoms with Gasteiger partial charge in [-0.25, -0.2) is 4.79 Å². The summed E-state index contributed by atoms with van der Waals surface area (Å²) in [5, 5.41) is 3.06. The number of carbonyl (C=O) groups excluding carboxylic acids is 1. The molecule has 5 nitrogen and oxygen atoms in total. The van der Waals surface area contributed by atoms with Gasteiger partial charge in [-0.1, -0.05) is 12.1 Å². The topological polar surface area (TPSA) is 54.5 Å². The Kier molecular flexibility index (Phi) is 4.17. The van der Waals surface area contributed by atoms with Gasteiger partial charge in [-0.05, 0) is 56.0 Å². The zero-order valence-electron chi connectivity index (χ0n) is 14.6. The number of pyridine rings is 1. The largest absolute Gasteiger partial charge is 0.381 e. The molecule has 2 aromatic rings. The maximum atomic E-state index is 12.7. The highest BCUT2D eigenvalue weighted by atomic mass is 16.5. The molecule has 130 valence electrons. The van der Waals surface area contributed by atoms with Crippen LogP contribution in [0.4, 0.5) is 10.5 Å². The molecule has 3 heterocycles. The number of anilines is 1. The summed E-state index contributed by atoms with van der Waals surface area (Å²) in [5.74, 6) is 0. The highest BCUT2D eigenvalue weighted by molar-refractivity contribution is 5.91. The van der Waals surface area contributed by atoms with Crippen LogP contribution in [0.5, 0.6) is 0 Å². The Hall–Kier alpha value is -2.40. The van der Waals surface area contributed by atoms with Crippen LogP contribution < -0.4 is 5.32 Å². The predicted molar refractivity (Wildman–Crippen MR) is 97.5 cm³/mol. The zero-order valence-corrected chi connectivity index (χ0v) is 14.6. The maximum Gasteiger partial charge on any atom is 0.322 e. The van der Waals surface area contributed by atoms with Gasteiger partial charge in [-0.15, -0.1) is 0 Å². The fourth-order valence-electron chi connectivity index (χ4n) is 4.03. The molecule has 2 bridgehead atoms. The summed E-state index contributed by atoms with van der Waals surface area (Å²) in [6.07, 6.45) is 5.05. The molecule has 1 aromatic carbocycles. The van der Waals surface area contributed by atoms with Crippen LogP contribution in [0.25, 0.3) is 11.3 Å². The number of methoxy groups -OCH3 is 1. The number of nitrogens with one attached hydrogen (secondary N) is 1. The normalized spacial score (nSPS) is 24.6. The van der Waals surface area contributed by atoms with Crippen LogP contribution in [0.1, 0.15) is 24.8 Å². The first-order valence-corrected chi connectivity index (χ1v) is 8.80. The lowest BCUT2D eigenvalue weighted by Crippen LogP contribution is -2.65. The Morgan fingerprint density at radius 2 is 2.00 bits per heavy atom. The van der Waals surface area contributed by atoms with E-state index in [1.807, 2.05) is 41.3 Å². The standard InChI is InChI=1S/C20H23N3O2/c1-13-6-7-14(9-18(13)19-5-3-4-8-21-19)22-20(24)23-15-10-16(23)12-17(11-15)25-2/h3-9,15-17H,10-12H2,1-2H3,(H,22,24)/t15-,16?,17?/m1/s1. The molecule has 2 aliphatic heterocycles. The number of aryl methyl sites for hydroxylation is 1. The van der Waals surface area contributed by atoms with Crippen molar-refractivity contribution in [2.45, 2.75) is 44.4 Å². The van der Waals surface area contributed by atoms with E-state index in [-0.39, 0.29) is 6.03 Å². The Bertz CT molecular complexity index is 766. The van der Waals surface area contributed by atoms with E-state index in [2.05, 4.69) is 17.2 Å². The zero-order chi connectivity index (χ0) is 17.4. The lowest BCUT2D eigenvalue weighted by atomic mass is 9.78. The van der Waals surface area contributed by atoms with Crippen molar-refractivity contribution in [3.8, 4) is 11.3 Å². The van der Waals surface area contributed by atoms with E-state index in [4.69, 9.17) is 4.74 Å². The van der Waals surface area contributed by atoms with Gasteiger partial charge in [0.05, 0.1) is 11.8 Å². The fourth-order valence-corrected chi connectivity index (χ4v) is 4.03. The minimum absolute atomic E-state index is 0.00775. The third-order valence-corrected chi connectivity index (χ3v) is 5.40. The minimum atomic E-state index is -0.00775. The van der Waals surface area contributed by atoms with Gasteiger partial charge in [-0.2, -0.15) is 0 Å². The van der Waals surface area contributed by atoms with Crippen molar-refractivity contribution < 1.29 is 9.53 Å². The fraction of sp³-hybridized carbons (Fsp3) is 0.400. The van der Waals surface area contributed by atoms with Gasteiger partial charge in [0, 0.05) is 36.6 Å². The van der Waals surface area contributed by atoms with Crippen molar-refractivity contribution in [3.63, 3.8) is 0 Å². The van der Waals surface area contributed by atoms with Crippen molar-refractivity contribution in [2.24, 2.45) is 0 Å². The van der Waals surface area contributed by atoms with Crippen molar-refractivity contribution in [2.75, 3.05) is 12.4 Å². The van der Waals surface area contributed by atoms with Crippen LogP contribution in [-0.2, 0) is 4.74 Å². The molecule has 0 radical (unpaired) electrons. The van der Waals surface area contributed by atoms with E-state index in [9.17, 15) is 4.79 Å². The number of nitrogens with zero attached hydrogens (tertiary/aromatic N) is 2. The molecule has 3 aliphatic rings. The van der Waals surface area contributed by atoms with Gasteiger partial charge in [0.1, 0.15) is 0 Å². The molecule has 25 heavy (non-hydrogen) atoms. The molecule has 1 N–H and O–H groups in total. The molecule has 2 amide bonds. The predicted octanol–water partition coefficient (Wildman–Crippen LogP) is 3.84. The molecule has 1 aliphatic carbocycles. The first-order valence-electron chi connectivity index (χ1n) is 8.80. The summed E-state index contributed by atoms with van der Waals surface area (Å²) < 4.78 is 5.45. The number of urea groups is 1. The summed E-state index contributed by atoms with van der Waals surface area (Å²) in [6, 6.07) is 12.5. The summed E-state index contributed by atoms with van der Waals surface area (Å²) in [7, 11) is 1.76. The maximum absolute atomic E-state index is 12.7. The van der Waals surface area contributed by atoms with Gasteiger partial charge in [0.15, 0.2) is 0 Å². The Morgan fingerprint density at radius 3 is 2.68 bits per heavy atom. The van der Waals surface area contributed by atoms with Gasteiger partial charge in [0.25, 0.3) is 0 Å². The smallest absolute Gasteiger partial charge is 0.322 e. The van der Waals surface area contributed by atoms with Gasteiger partial charge < -0.3 is 15.0 Å². The molecular weight excluding hydrogens is 314 g/mol. The molecule has 0 spiro atoms. The molecule has 1 aromatic heterocycles. The van der Waals surface area contributed by atoms with Crippen molar-refractivity contribution in [3.05, 3.63) is 48.2 Å². The minimum Gasteiger partial charge on any atom is -0.381 e. The molecule has 3 fully saturated rings. The van der Waals surface area contributed by atoms with Crippen LogP contribution in [0.15, 0.2) is 42.6 Å². The van der Waals surface area contributed by atoms with Gasteiger partial charge >= 0.3 is 6.03 Å². The van der Waals surface area contributed by atoms with Crippen molar-refractivity contribution in [1.82, 2.24) is 9.88 Å². The quantitative estimate of drug-likeness (QED) is 0.926. The van der Waals surface area contributed by atoms with E-state index in [1.165, 1.54) is 0 Å². The van der Waals surface area contributed by atoms with E-state index < -0.39 is 0 Å². The second kappa shape index (κ2) is 6.48. The molecule has 1 saturated carbocycles. The molecule has 2 saturated heterocycles. The highest BCUT2D eigenvalue weighted by Crippen LogP contribution is 2.39. The SMILES string of the molecule is COC1CC2C[C@H](C1)N2C(=O)Nc1ccc(C)c(-c2ccccn2)c1. The number of carbonyl (C=O) groups is 1. The molecular formula is C20H23N3O2. The van der Waals surface area contributed by atoms with E-state index in [0.717, 1.165) is 41.8 Å². The molecule has 2 unspecified atom stereocenters. The number of benzene rings is 1. The second-order valence-corrected chi connectivity index (χ2v) is 6.95. The summed E-state index contributed by atoms with van der Waals surface area (Å²) >= 11 is 0. The molecule has 5 rings (SSSR count). The average Bonchev–Trinajstić information content (AvgIpc) is 2.64. The Morgan fingerprint density at radius 1 is 1.20 bits per heavy atom. The van der Waals surface area contributed by atoms with Gasteiger partial charge in [0.2, 0.25) is 0 Å². The molecule has 3 atom stereocenters. The van der Waals surface area contributed by atoms with Crippen LogP contribution in [0.2, 0.25) is 0 Å². The highest BCUT2D eigenvalue weighted by Gasteiger charge is 2.47. The lowest BCUT2D eigenvalue weighted by Gasteiger charge is -2.54. The average molecular weight is 337 g/mol. The summed E-state index contributed by atoms with van der Waals surface area (Å²) in [5.41, 5.74) is 3.91. The third-order valence-electron chi connectivity index (χ3n) is 5.40.